The zero-order valence-corrected chi connectivity index (χ0v) is 6.94. The van der Waals surface area contributed by atoms with Crippen molar-refractivity contribution in [2.24, 2.45) is 0 Å². The normalized spacial score (nSPS) is 9.77. The first kappa shape index (κ1) is 7.69. The van der Waals surface area contributed by atoms with Crippen LogP contribution in [-0.4, -0.2) is 10.2 Å². The molecule has 2 aromatic rings. The molecule has 62 valence electrons. The van der Waals surface area contributed by atoms with Gasteiger partial charge in [-0.2, -0.15) is 15.5 Å². The maximum Gasteiger partial charge on any atom is 0.0932 e. The molecule has 2 rings (SSSR count). The van der Waals surface area contributed by atoms with Crippen LogP contribution in [0.15, 0.2) is 30.5 Å². The number of hydrogen-bond donors (Lipinski definition) is 0. The van der Waals surface area contributed by atoms with Crippen molar-refractivity contribution in [1.82, 2.24) is 10.2 Å². The van der Waals surface area contributed by atoms with Gasteiger partial charge in [-0.3, -0.25) is 0 Å². The maximum atomic E-state index is 8.58. The summed E-state index contributed by atoms with van der Waals surface area (Å²) in [6, 6.07) is 9.80. The lowest BCUT2D eigenvalue weighted by Crippen LogP contribution is -1.90. The largest absolute Gasteiger partial charge is 0.198 e. The van der Waals surface area contributed by atoms with Crippen LogP contribution in [0.25, 0.3) is 10.9 Å². The fourth-order valence-electron chi connectivity index (χ4n) is 1.29. The molecule has 0 fully saturated rings. The summed E-state index contributed by atoms with van der Waals surface area (Å²) < 4.78 is 0. The minimum Gasteiger partial charge on any atom is -0.198 e. The predicted octanol–water partition coefficient (Wildman–Crippen LogP) is 1.70. The van der Waals surface area contributed by atoms with Gasteiger partial charge in [0.05, 0.1) is 24.2 Å². The van der Waals surface area contributed by atoms with Crippen LogP contribution in [0.4, 0.5) is 0 Å². The second-order valence-corrected chi connectivity index (χ2v) is 2.72. The molecule has 0 aliphatic carbocycles. The highest BCUT2D eigenvalue weighted by atomic mass is 15.1. The molecule has 0 bridgehead atoms. The number of aromatic nitrogens is 2. The summed E-state index contributed by atoms with van der Waals surface area (Å²) in [5.41, 5.74) is 1.78. The third kappa shape index (κ3) is 1.34. The molecule has 0 unspecified atom stereocenters. The van der Waals surface area contributed by atoms with Gasteiger partial charge < -0.3 is 0 Å². The minimum atomic E-state index is 0.385. The van der Waals surface area contributed by atoms with Gasteiger partial charge in [0.1, 0.15) is 0 Å². The van der Waals surface area contributed by atoms with Crippen LogP contribution in [0.2, 0.25) is 0 Å². The van der Waals surface area contributed by atoms with Gasteiger partial charge in [0.25, 0.3) is 0 Å². The Morgan fingerprint density at radius 3 is 3.00 bits per heavy atom. The number of hydrogen-bond acceptors (Lipinski definition) is 3. The van der Waals surface area contributed by atoms with Crippen molar-refractivity contribution in [3.8, 4) is 6.07 Å². The molecule has 0 radical (unpaired) electrons. The first-order valence-electron chi connectivity index (χ1n) is 3.98. The quantitative estimate of drug-likeness (QED) is 0.652. The molecule has 0 amide bonds. The summed E-state index contributed by atoms with van der Waals surface area (Å²) in [5, 5.41) is 17.4. The van der Waals surface area contributed by atoms with Crippen molar-refractivity contribution in [2.75, 3.05) is 0 Å². The molecule has 3 heteroatoms. The minimum absolute atomic E-state index is 0.385. The SMILES string of the molecule is N#CCc1cnnc2ccccc12. The topological polar surface area (TPSA) is 49.6 Å². The fraction of sp³-hybridized carbons (Fsp3) is 0.100. The number of benzene rings is 1. The number of nitrogens with zero attached hydrogens (tertiary/aromatic N) is 3. The Kier molecular flexibility index (Phi) is 1.89. The van der Waals surface area contributed by atoms with Crippen LogP contribution in [0.5, 0.6) is 0 Å². The van der Waals surface area contributed by atoms with Gasteiger partial charge in [0.2, 0.25) is 0 Å². The van der Waals surface area contributed by atoms with E-state index in [4.69, 9.17) is 5.26 Å². The fourth-order valence-corrected chi connectivity index (χ4v) is 1.29. The lowest BCUT2D eigenvalue weighted by molar-refractivity contribution is 1.05. The van der Waals surface area contributed by atoms with Crippen LogP contribution in [-0.2, 0) is 6.42 Å². The summed E-state index contributed by atoms with van der Waals surface area (Å²) in [5.74, 6) is 0. The zero-order chi connectivity index (χ0) is 9.10. The van der Waals surface area contributed by atoms with Crippen molar-refractivity contribution in [1.29, 1.82) is 5.26 Å². The van der Waals surface area contributed by atoms with Crippen molar-refractivity contribution in [3.63, 3.8) is 0 Å². The van der Waals surface area contributed by atoms with Gasteiger partial charge >= 0.3 is 0 Å². The van der Waals surface area contributed by atoms with E-state index >= 15 is 0 Å². The third-order valence-electron chi connectivity index (χ3n) is 1.90. The van der Waals surface area contributed by atoms with Crippen molar-refractivity contribution in [3.05, 3.63) is 36.0 Å². The highest BCUT2D eigenvalue weighted by Crippen LogP contribution is 2.14. The lowest BCUT2D eigenvalue weighted by atomic mass is 10.1. The molecule has 0 aliphatic heterocycles. The molecule has 1 aromatic carbocycles. The maximum absolute atomic E-state index is 8.58. The lowest BCUT2D eigenvalue weighted by Gasteiger charge is -1.99. The molecule has 0 saturated heterocycles. The Labute approximate surface area is 75.6 Å². The molecule has 1 heterocycles. The van der Waals surface area contributed by atoms with E-state index in [0.29, 0.717) is 6.42 Å². The average Bonchev–Trinajstić information content (AvgIpc) is 2.19. The first-order chi connectivity index (χ1) is 6.42. The van der Waals surface area contributed by atoms with E-state index in [0.717, 1.165) is 16.5 Å². The van der Waals surface area contributed by atoms with Gasteiger partial charge in [-0.25, -0.2) is 0 Å². The Bertz CT molecular complexity index is 466. The van der Waals surface area contributed by atoms with Crippen molar-refractivity contribution < 1.29 is 0 Å². The van der Waals surface area contributed by atoms with E-state index in [1.807, 2.05) is 24.3 Å². The molecular weight excluding hydrogens is 162 g/mol. The van der Waals surface area contributed by atoms with Gasteiger partial charge in [-0.1, -0.05) is 18.2 Å². The number of rotatable bonds is 1. The van der Waals surface area contributed by atoms with Crippen LogP contribution >= 0.6 is 0 Å². The van der Waals surface area contributed by atoms with Crippen LogP contribution in [0.1, 0.15) is 5.56 Å². The summed E-state index contributed by atoms with van der Waals surface area (Å²) in [7, 11) is 0. The molecule has 0 N–H and O–H groups in total. The van der Waals surface area contributed by atoms with E-state index in [9.17, 15) is 0 Å². The molecular formula is C10H7N3. The monoisotopic (exact) mass is 169 g/mol. The molecule has 3 nitrogen and oxygen atoms in total. The summed E-state index contributed by atoms with van der Waals surface area (Å²) in [4.78, 5) is 0. The highest BCUT2D eigenvalue weighted by Gasteiger charge is 2.00. The van der Waals surface area contributed by atoms with E-state index in [1.165, 1.54) is 0 Å². The third-order valence-corrected chi connectivity index (χ3v) is 1.90. The number of nitriles is 1. The Hall–Kier alpha value is -1.95. The molecule has 0 saturated carbocycles. The average molecular weight is 169 g/mol. The second-order valence-electron chi connectivity index (χ2n) is 2.72. The van der Waals surface area contributed by atoms with Crippen LogP contribution < -0.4 is 0 Å². The van der Waals surface area contributed by atoms with Gasteiger partial charge in [0.15, 0.2) is 0 Å². The second kappa shape index (κ2) is 3.20. The van der Waals surface area contributed by atoms with Crippen LogP contribution in [0, 0.1) is 11.3 Å². The Morgan fingerprint density at radius 2 is 2.15 bits per heavy atom. The summed E-state index contributed by atoms with van der Waals surface area (Å²) in [6.45, 7) is 0. The first-order valence-corrected chi connectivity index (χ1v) is 3.98. The van der Waals surface area contributed by atoms with Gasteiger partial charge in [-0.05, 0) is 11.6 Å². The van der Waals surface area contributed by atoms with Crippen molar-refractivity contribution >= 4 is 10.9 Å². The molecule has 0 atom stereocenters. The highest BCUT2D eigenvalue weighted by molar-refractivity contribution is 5.81. The smallest absolute Gasteiger partial charge is 0.0932 e. The predicted molar refractivity (Wildman–Crippen MR) is 48.9 cm³/mol. The standard InChI is InChI=1S/C10H7N3/c11-6-5-8-7-12-13-10-4-2-1-3-9(8)10/h1-4,7H,5H2. The molecule has 0 aliphatic rings. The van der Waals surface area contributed by atoms with E-state index in [1.54, 1.807) is 6.20 Å². The number of fused-ring (bicyclic) bond motifs is 1. The summed E-state index contributed by atoms with van der Waals surface area (Å²) in [6.07, 6.45) is 2.03. The van der Waals surface area contributed by atoms with E-state index in [-0.39, 0.29) is 0 Å². The molecule has 13 heavy (non-hydrogen) atoms. The summed E-state index contributed by atoms with van der Waals surface area (Å²) >= 11 is 0. The Morgan fingerprint density at radius 1 is 1.31 bits per heavy atom. The Balaban J connectivity index is 2.70. The van der Waals surface area contributed by atoms with Crippen LogP contribution in [0.3, 0.4) is 0 Å². The van der Waals surface area contributed by atoms with Gasteiger partial charge in [0, 0.05) is 5.39 Å². The molecule has 0 spiro atoms. The van der Waals surface area contributed by atoms with Gasteiger partial charge in [-0.15, -0.1) is 0 Å². The zero-order valence-electron chi connectivity index (χ0n) is 6.94. The van der Waals surface area contributed by atoms with E-state index in [2.05, 4.69) is 16.3 Å². The molecule has 1 aromatic heterocycles. The van der Waals surface area contributed by atoms with E-state index < -0.39 is 0 Å². The van der Waals surface area contributed by atoms with Crippen molar-refractivity contribution in [2.45, 2.75) is 6.42 Å².